The Morgan fingerprint density at radius 1 is 1.19 bits per heavy atom. The van der Waals surface area contributed by atoms with Crippen LogP contribution in [0.15, 0.2) is 36.7 Å². The minimum absolute atomic E-state index is 0.372. The second-order valence-electron chi connectivity index (χ2n) is 3.08. The summed E-state index contributed by atoms with van der Waals surface area (Å²) < 4.78 is 0. The van der Waals surface area contributed by atoms with Crippen molar-refractivity contribution >= 4 is 5.82 Å². The highest BCUT2D eigenvalue weighted by Gasteiger charge is 2.05. The molecule has 2 heterocycles. The first-order chi connectivity index (χ1) is 7.85. The van der Waals surface area contributed by atoms with E-state index in [0.29, 0.717) is 11.4 Å². The largest absolute Gasteiger partial charge is 0.307 e. The lowest BCUT2D eigenvalue weighted by Crippen LogP contribution is -2.10. The van der Waals surface area contributed by atoms with Crippen molar-refractivity contribution < 1.29 is 0 Å². The first-order valence-corrected chi connectivity index (χ1v) is 4.63. The first-order valence-electron chi connectivity index (χ1n) is 4.63. The van der Waals surface area contributed by atoms with Gasteiger partial charge in [-0.25, -0.2) is 10.8 Å². The number of hydrazine groups is 1. The number of anilines is 1. The Morgan fingerprint density at radius 2 is 1.94 bits per heavy atom. The van der Waals surface area contributed by atoms with Gasteiger partial charge < -0.3 is 5.43 Å². The van der Waals surface area contributed by atoms with Crippen LogP contribution in [0.1, 0.15) is 5.56 Å². The van der Waals surface area contributed by atoms with Gasteiger partial charge in [-0.2, -0.15) is 5.26 Å². The predicted molar refractivity (Wildman–Crippen MR) is 60.0 cm³/mol. The molecule has 0 bridgehead atoms. The quantitative estimate of drug-likeness (QED) is 0.577. The molecule has 5 heteroatoms. The zero-order valence-corrected chi connectivity index (χ0v) is 8.38. The summed E-state index contributed by atoms with van der Waals surface area (Å²) in [6, 6.07) is 9.14. The number of aromatic nitrogens is 2. The maximum atomic E-state index is 8.82. The van der Waals surface area contributed by atoms with Gasteiger partial charge in [0.2, 0.25) is 0 Å². The van der Waals surface area contributed by atoms with Gasteiger partial charge in [-0.3, -0.25) is 4.98 Å². The van der Waals surface area contributed by atoms with Gasteiger partial charge >= 0.3 is 0 Å². The normalized spacial score (nSPS) is 9.50. The van der Waals surface area contributed by atoms with Crippen LogP contribution in [0.5, 0.6) is 0 Å². The molecule has 3 N–H and O–H groups in total. The summed E-state index contributed by atoms with van der Waals surface area (Å²) in [7, 11) is 0. The molecule has 0 aliphatic rings. The summed E-state index contributed by atoms with van der Waals surface area (Å²) in [5, 5.41) is 8.82. The lowest BCUT2D eigenvalue weighted by Gasteiger charge is -2.05. The molecule has 0 saturated carbocycles. The van der Waals surface area contributed by atoms with E-state index in [1.54, 1.807) is 24.5 Å². The van der Waals surface area contributed by atoms with Gasteiger partial charge in [0, 0.05) is 18.0 Å². The molecule has 0 unspecified atom stereocenters. The zero-order valence-electron chi connectivity index (χ0n) is 8.38. The van der Waals surface area contributed by atoms with Gasteiger partial charge in [-0.1, -0.05) is 0 Å². The third kappa shape index (κ3) is 1.82. The molecule has 2 aromatic rings. The van der Waals surface area contributed by atoms with E-state index in [-0.39, 0.29) is 0 Å². The third-order valence-electron chi connectivity index (χ3n) is 2.13. The molecule has 0 atom stereocenters. The van der Waals surface area contributed by atoms with Crippen molar-refractivity contribution in [2.75, 3.05) is 5.43 Å². The monoisotopic (exact) mass is 211 g/mol. The predicted octanol–water partition coefficient (Wildman–Crippen LogP) is 1.30. The van der Waals surface area contributed by atoms with Crippen LogP contribution in [0, 0.1) is 11.3 Å². The number of nitrogens with two attached hydrogens (primary N) is 1. The van der Waals surface area contributed by atoms with Crippen LogP contribution in [-0.4, -0.2) is 9.97 Å². The highest BCUT2D eigenvalue weighted by Crippen LogP contribution is 2.19. The summed E-state index contributed by atoms with van der Waals surface area (Å²) >= 11 is 0. The maximum absolute atomic E-state index is 8.82. The molecule has 2 aromatic heterocycles. The van der Waals surface area contributed by atoms with E-state index in [0.717, 1.165) is 11.3 Å². The smallest absolute Gasteiger partial charge is 0.158 e. The third-order valence-corrected chi connectivity index (χ3v) is 2.13. The average molecular weight is 211 g/mol. The Kier molecular flexibility index (Phi) is 2.76. The van der Waals surface area contributed by atoms with E-state index < -0.39 is 0 Å². The van der Waals surface area contributed by atoms with Gasteiger partial charge in [-0.15, -0.1) is 0 Å². The van der Waals surface area contributed by atoms with E-state index in [1.165, 1.54) is 0 Å². The van der Waals surface area contributed by atoms with Crippen molar-refractivity contribution in [2.45, 2.75) is 0 Å². The van der Waals surface area contributed by atoms with Crippen LogP contribution in [0.25, 0.3) is 11.3 Å². The Morgan fingerprint density at radius 3 is 2.56 bits per heavy atom. The van der Waals surface area contributed by atoms with Crippen molar-refractivity contribution in [3.8, 4) is 17.3 Å². The van der Waals surface area contributed by atoms with Crippen LogP contribution in [-0.2, 0) is 0 Å². The Balaban J connectivity index is 2.49. The number of hydrogen-bond donors (Lipinski definition) is 2. The number of nitriles is 1. The van der Waals surface area contributed by atoms with E-state index in [9.17, 15) is 0 Å². The number of rotatable bonds is 2. The fourth-order valence-electron chi connectivity index (χ4n) is 1.34. The summed E-state index contributed by atoms with van der Waals surface area (Å²) in [6.07, 6.45) is 3.37. The second-order valence-corrected chi connectivity index (χ2v) is 3.08. The molecule has 16 heavy (non-hydrogen) atoms. The van der Waals surface area contributed by atoms with Crippen molar-refractivity contribution in [1.29, 1.82) is 5.26 Å². The van der Waals surface area contributed by atoms with Crippen molar-refractivity contribution in [1.82, 2.24) is 9.97 Å². The average Bonchev–Trinajstić information content (AvgIpc) is 2.39. The molecule has 0 fully saturated rings. The minimum Gasteiger partial charge on any atom is -0.307 e. The maximum Gasteiger partial charge on any atom is 0.158 e. The number of pyridine rings is 2. The fourth-order valence-corrected chi connectivity index (χ4v) is 1.34. The van der Waals surface area contributed by atoms with Crippen LogP contribution in [0.3, 0.4) is 0 Å². The summed E-state index contributed by atoms with van der Waals surface area (Å²) in [5.41, 5.74) is 4.50. The molecule has 0 aliphatic heterocycles. The van der Waals surface area contributed by atoms with E-state index >= 15 is 0 Å². The van der Waals surface area contributed by atoms with Gasteiger partial charge in [0.25, 0.3) is 0 Å². The summed E-state index contributed by atoms with van der Waals surface area (Å²) in [5.74, 6) is 5.67. The number of nitrogen functional groups attached to an aromatic ring is 1. The molecule has 0 saturated heterocycles. The molecule has 2 rings (SSSR count). The van der Waals surface area contributed by atoms with Gasteiger partial charge in [0.05, 0.1) is 11.3 Å². The number of nitrogens with one attached hydrogen (secondary N) is 1. The lowest BCUT2D eigenvalue weighted by atomic mass is 10.1. The second kappa shape index (κ2) is 4.38. The van der Waals surface area contributed by atoms with E-state index in [2.05, 4.69) is 15.4 Å². The molecule has 0 aromatic carbocycles. The SMILES string of the molecule is N#Cc1ccc(-c2ccncc2)nc1NN. The molecule has 5 nitrogen and oxygen atoms in total. The zero-order chi connectivity index (χ0) is 11.4. The summed E-state index contributed by atoms with van der Waals surface area (Å²) in [4.78, 5) is 8.17. The van der Waals surface area contributed by atoms with Crippen LogP contribution >= 0.6 is 0 Å². The molecule has 0 amide bonds. The van der Waals surface area contributed by atoms with Gasteiger partial charge in [-0.05, 0) is 24.3 Å². The Labute approximate surface area is 92.5 Å². The number of nitrogens with zero attached hydrogens (tertiary/aromatic N) is 3. The molecule has 78 valence electrons. The first kappa shape index (κ1) is 10.1. The molecular formula is C11H9N5. The molecule has 0 spiro atoms. The van der Waals surface area contributed by atoms with Crippen molar-refractivity contribution in [3.63, 3.8) is 0 Å². The van der Waals surface area contributed by atoms with Crippen LogP contribution in [0.2, 0.25) is 0 Å². The fraction of sp³-hybridized carbons (Fsp3) is 0. The topological polar surface area (TPSA) is 87.6 Å². The molecule has 0 radical (unpaired) electrons. The van der Waals surface area contributed by atoms with Gasteiger partial charge in [0.15, 0.2) is 5.82 Å². The van der Waals surface area contributed by atoms with Crippen molar-refractivity contribution in [3.05, 3.63) is 42.2 Å². The standard InChI is InChI=1S/C11H9N5/c12-7-9-1-2-10(15-11(9)16-13)8-3-5-14-6-4-8/h1-6H,13H2,(H,15,16). The molecular weight excluding hydrogens is 202 g/mol. The molecule has 0 aliphatic carbocycles. The lowest BCUT2D eigenvalue weighted by molar-refractivity contribution is 1.21. The Hall–Kier alpha value is -2.45. The van der Waals surface area contributed by atoms with E-state index in [4.69, 9.17) is 11.1 Å². The van der Waals surface area contributed by atoms with Crippen LogP contribution < -0.4 is 11.3 Å². The van der Waals surface area contributed by atoms with Crippen LogP contribution in [0.4, 0.5) is 5.82 Å². The van der Waals surface area contributed by atoms with Gasteiger partial charge in [0.1, 0.15) is 6.07 Å². The highest BCUT2D eigenvalue weighted by molar-refractivity contribution is 5.63. The minimum atomic E-state index is 0.372. The Bertz CT molecular complexity index is 530. The van der Waals surface area contributed by atoms with Crippen molar-refractivity contribution in [2.24, 2.45) is 5.84 Å². The van der Waals surface area contributed by atoms with E-state index in [1.807, 2.05) is 18.2 Å². The summed E-state index contributed by atoms with van der Waals surface area (Å²) in [6.45, 7) is 0. The number of hydrogen-bond acceptors (Lipinski definition) is 5. The highest BCUT2D eigenvalue weighted by atomic mass is 15.2.